The van der Waals surface area contributed by atoms with Crippen LogP contribution in [0, 0.1) is 0 Å². The predicted molar refractivity (Wildman–Crippen MR) is 64.8 cm³/mol. The molecule has 0 aromatic heterocycles. The molecule has 1 N–H and O–H groups in total. The Morgan fingerprint density at radius 1 is 1.29 bits per heavy atom. The van der Waals surface area contributed by atoms with Crippen LogP contribution in [-0.2, 0) is 9.59 Å². The molecule has 0 aliphatic carbocycles. The number of piperidine rings is 1. The number of hydrogen-bond acceptors (Lipinski definition) is 3. The molecule has 98 valence electrons. The molecule has 0 atom stereocenters. The van der Waals surface area contributed by atoms with E-state index in [9.17, 15) is 9.59 Å². The van der Waals surface area contributed by atoms with Gasteiger partial charge in [-0.05, 0) is 39.4 Å². The number of rotatable bonds is 5. The van der Waals surface area contributed by atoms with Crippen LogP contribution < -0.4 is 0 Å². The third kappa shape index (κ3) is 4.73. The molecule has 0 radical (unpaired) electrons. The van der Waals surface area contributed by atoms with Crippen molar-refractivity contribution in [3.8, 4) is 0 Å². The Kier molecular flexibility index (Phi) is 5.41. The molecule has 1 fully saturated rings. The maximum Gasteiger partial charge on any atom is 0.303 e. The predicted octanol–water partition coefficient (Wildman–Crippen LogP) is 0.794. The summed E-state index contributed by atoms with van der Waals surface area (Å²) >= 11 is 0. The summed E-state index contributed by atoms with van der Waals surface area (Å²) in [5.74, 6) is -0.763. The average molecular weight is 242 g/mol. The Balaban J connectivity index is 2.28. The lowest BCUT2D eigenvalue weighted by Gasteiger charge is -2.35. The van der Waals surface area contributed by atoms with Crippen LogP contribution in [0.4, 0.5) is 0 Å². The normalized spacial score (nSPS) is 18.0. The summed E-state index contributed by atoms with van der Waals surface area (Å²) in [6, 6.07) is 0.323. The first-order valence-electron chi connectivity index (χ1n) is 6.16. The lowest BCUT2D eigenvalue weighted by molar-refractivity contribution is -0.137. The Hall–Kier alpha value is -1.10. The van der Waals surface area contributed by atoms with Gasteiger partial charge in [0.2, 0.25) is 5.91 Å². The molecule has 0 aromatic carbocycles. The van der Waals surface area contributed by atoms with E-state index in [1.165, 1.54) is 0 Å². The quantitative estimate of drug-likeness (QED) is 0.774. The largest absolute Gasteiger partial charge is 0.481 e. The molecule has 0 bridgehead atoms. The highest BCUT2D eigenvalue weighted by Crippen LogP contribution is 2.15. The van der Waals surface area contributed by atoms with Crippen LogP contribution in [0.3, 0.4) is 0 Å². The minimum atomic E-state index is -0.834. The molecule has 1 rings (SSSR count). The molecule has 1 aliphatic heterocycles. The monoisotopic (exact) mass is 242 g/mol. The van der Waals surface area contributed by atoms with Crippen molar-refractivity contribution in [3.63, 3.8) is 0 Å². The lowest BCUT2D eigenvalue weighted by atomic mass is 10.0. The third-order valence-electron chi connectivity index (χ3n) is 3.41. The summed E-state index contributed by atoms with van der Waals surface area (Å²) in [4.78, 5) is 26.2. The zero-order chi connectivity index (χ0) is 12.8. The molecule has 17 heavy (non-hydrogen) atoms. The Morgan fingerprint density at radius 2 is 1.88 bits per heavy atom. The van der Waals surface area contributed by atoms with Gasteiger partial charge in [0.05, 0.1) is 0 Å². The molecule has 0 saturated carbocycles. The number of carbonyl (C=O) groups is 2. The van der Waals surface area contributed by atoms with E-state index in [4.69, 9.17) is 5.11 Å². The van der Waals surface area contributed by atoms with E-state index in [-0.39, 0.29) is 12.3 Å². The van der Waals surface area contributed by atoms with Gasteiger partial charge >= 0.3 is 5.97 Å². The van der Waals surface area contributed by atoms with Crippen molar-refractivity contribution in [2.75, 3.05) is 27.2 Å². The number of carboxylic acid groups (broad SMARTS) is 1. The van der Waals surface area contributed by atoms with Crippen molar-refractivity contribution >= 4 is 11.9 Å². The van der Waals surface area contributed by atoms with Gasteiger partial charge in [-0.15, -0.1) is 0 Å². The van der Waals surface area contributed by atoms with Crippen LogP contribution >= 0.6 is 0 Å². The first-order valence-corrected chi connectivity index (χ1v) is 6.16. The molecular formula is C12H22N2O3. The maximum atomic E-state index is 11.8. The van der Waals surface area contributed by atoms with Crippen LogP contribution in [0.2, 0.25) is 0 Å². The third-order valence-corrected chi connectivity index (χ3v) is 3.41. The van der Waals surface area contributed by atoms with Crippen molar-refractivity contribution in [1.82, 2.24) is 9.80 Å². The second-order valence-corrected chi connectivity index (χ2v) is 4.79. The first kappa shape index (κ1) is 14.0. The summed E-state index contributed by atoms with van der Waals surface area (Å²) in [7, 11) is 3.92. The van der Waals surface area contributed by atoms with Gasteiger partial charge in [-0.1, -0.05) is 0 Å². The highest BCUT2D eigenvalue weighted by molar-refractivity contribution is 5.77. The topological polar surface area (TPSA) is 60.9 Å². The zero-order valence-corrected chi connectivity index (χ0v) is 10.7. The Morgan fingerprint density at radius 3 is 2.41 bits per heavy atom. The van der Waals surface area contributed by atoms with Crippen LogP contribution in [-0.4, -0.2) is 60.0 Å². The minimum absolute atomic E-state index is 0.0702. The number of nitrogens with zero attached hydrogens (tertiary/aromatic N) is 2. The first-order chi connectivity index (χ1) is 8.00. The smallest absolute Gasteiger partial charge is 0.303 e. The standard InChI is InChI=1S/C12H22N2O3/c1-13-8-6-10(7-9-13)14(2)11(15)4-3-5-12(16)17/h10H,3-9H2,1-2H3,(H,16,17). The van der Waals surface area contributed by atoms with Gasteiger partial charge in [0.1, 0.15) is 0 Å². The minimum Gasteiger partial charge on any atom is -0.481 e. The van der Waals surface area contributed by atoms with Crippen molar-refractivity contribution < 1.29 is 14.7 Å². The number of carboxylic acids is 1. The highest BCUT2D eigenvalue weighted by atomic mass is 16.4. The average Bonchev–Trinajstić information content (AvgIpc) is 2.28. The molecule has 0 unspecified atom stereocenters. The van der Waals surface area contributed by atoms with Crippen molar-refractivity contribution in [2.45, 2.75) is 38.1 Å². The van der Waals surface area contributed by atoms with Crippen LogP contribution in [0.15, 0.2) is 0 Å². The Labute approximate surface area is 102 Å². The number of aliphatic carboxylic acids is 1. The molecule has 1 aliphatic rings. The van der Waals surface area contributed by atoms with E-state index in [2.05, 4.69) is 11.9 Å². The second-order valence-electron chi connectivity index (χ2n) is 4.79. The van der Waals surface area contributed by atoms with E-state index in [0.717, 1.165) is 25.9 Å². The van der Waals surface area contributed by atoms with Crippen molar-refractivity contribution in [1.29, 1.82) is 0 Å². The summed E-state index contributed by atoms with van der Waals surface area (Å²) in [6.07, 6.45) is 2.88. The molecule has 1 heterocycles. The fraction of sp³-hybridized carbons (Fsp3) is 0.833. The van der Waals surface area contributed by atoms with Gasteiger partial charge in [-0.25, -0.2) is 0 Å². The van der Waals surface area contributed by atoms with E-state index in [1.807, 2.05) is 7.05 Å². The van der Waals surface area contributed by atoms with Crippen LogP contribution in [0.25, 0.3) is 0 Å². The van der Waals surface area contributed by atoms with Gasteiger partial charge in [0.25, 0.3) is 0 Å². The maximum absolute atomic E-state index is 11.8. The summed E-state index contributed by atoms with van der Waals surface area (Å²) in [5.41, 5.74) is 0. The Bertz CT molecular complexity index is 273. The number of hydrogen-bond donors (Lipinski definition) is 1. The molecule has 0 aromatic rings. The second kappa shape index (κ2) is 6.59. The van der Waals surface area contributed by atoms with Gasteiger partial charge in [-0.2, -0.15) is 0 Å². The SMILES string of the molecule is CN1CCC(N(C)C(=O)CCCC(=O)O)CC1. The number of likely N-dealkylation sites (tertiary alicyclic amines) is 1. The van der Waals surface area contributed by atoms with E-state index in [1.54, 1.807) is 4.90 Å². The summed E-state index contributed by atoms with van der Waals surface area (Å²) < 4.78 is 0. The van der Waals surface area contributed by atoms with Gasteiger partial charge in [-0.3, -0.25) is 9.59 Å². The molecular weight excluding hydrogens is 220 g/mol. The molecule has 0 spiro atoms. The molecule has 5 nitrogen and oxygen atoms in total. The van der Waals surface area contributed by atoms with E-state index < -0.39 is 5.97 Å². The van der Waals surface area contributed by atoms with Gasteiger partial charge in [0, 0.05) is 25.9 Å². The van der Waals surface area contributed by atoms with Crippen molar-refractivity contribution in [3.05, 3.63) is 0 Å². The molecule has 5 heteroatoms. The van der Waals surface area contributed by atoms with Crippen molar-refractivity contribution in [2.24, 2.45) is 0 Å². The summed E-state index contributed by atoms with van der Waals surface area (Å²) in [6.45, 7) is 2.05. The van der Waals surface area contributed by atoms with E-state index >= 15 is 0 Å². The number of amides is 1. The lowest BCUT2D eigenvalue weighted by Crippen LogP contribution is -2.44. The van der Waals surface area contributed by atoms with Crippen LogP contribution in [0.5, 0.6) is 0 Å². The van der Waals surface area contributed by atoms with Crippen LogP contribution in [0.1, 0.15) is 32.1 Å². The van der Waals surface area contributed by atoms with E-state index in [0.29, 0.717) is 18.9 Å². The molecule has 1 saturated heterocycles. The molecule has 1 amide bonds. The number of carbonyl (C=O) groups excluding carboxylic acids is 1. The highest BCUT2D eigenvalue weighted by Gasteiger charge is 2.23. The van der Waals surface area contributed by atoms with Gasteiger partial charge < -0.3 is 14.9 Å². The zero-order valence-electron chi connectivity index (χ0n) is 10.7. The fourth-order valence-corrected chi connectivity index (χ4v) is 2.15. The fourth-order valence-electron chi connectivity index (χ4n) is 2.15. The van der Waals surface area contributed by atoms with Gasteiger partial charge in [0.15, 0.2) is 0 Å². The summed E-state index contributed by atoms with van der Waals surface area (Å²) in [5, 5.41) is 8.51.